The summed E-state index contributed by atoms with van der Waals surface area (Å²) < 4.78 is 4.81. The smallest absolute Gasteiger partial charge is 0.119 e. The zero-order chi connectivity index (χ0) is 7.28. The Balaban J connectivity index is 4.07. The van der Waals surface area contributed by atoms with Crippen molar-refractivity contribution in [2.24, 2.45) is 0 Å². The maximum Gasteiger partial charge on any atom is 0.119 e. The van der Waals surface area contributed by atoms with E-state index in [1.165, 1.54) is 0 Å². The van der Waals surface area contributed by atoms with E-state index in [1.54, 1.807) is 19.3 Å². The maximum absolute atomic E-state index is 5.43. The summed E-state index contributed by atoms with van der Waals surface area (Å²) >= 11 is 5.43. The first-order valence-electron chi connectivity index (χ1n) is 2.43. The Labute approximate surface area is 60.3 Å². The van der Waals surface area contributed by atoms with Crippen molar-refractivity contribution in [3.05, 3.63) is 36.1 Å². The van der Waals surface area contributed by atoms with Gasteiger partial charge in [-0.25, -0.2) is 0 Å². The number of methoxy groups -OCH3 is 1. The second-order valence-corrected chi connectivity index (χ2v) is 1.89. The molecule has 50 valence electrons. The first-order chi connectivity index (χ1) is 4.20. The molecule has 0 N–H and O–H groups in total. The fourth-order valence-electron chi connectivity index (χ4n) is 0.356. The minimum absolute atomic E-state index is 0.437. The van der Waals surface area contributed by atoms with E-state index >= 15 is 0 Å². The van der Waals surface area contributed by atoms with E-state index in [2.05, 4.69) is 13.2 Å². The predicted molar refractivity (Wildman–Crippen MR) is 40.3 cm³/mol. The van der Waals surface area contributed by atoms with Crippen LogP contribution in [0.5, 0.6) is 0 Å². The molecular formula is C7H9ClO. The van der Waals surface area contributed by atoms with Crippen LogP contribution < -0.4 is 0 Å². The fraction of sp³-hybridized carbons (Fsp3) is 0.143. The third-order valence-electron chi connectivity index (χ3n) is 0.736. The van der Waals surface area contributed by atoms with Crippen molar-refractivity contribution in [2.75, 3.05) is 7.11 Å². The lowest BCUT2D eigenvalue weighted by atomic mass is 10.4. The molecule has 0 radical (unpaired) electrons. The monoisotopic (exact) mass is 144 g/mol. The van der Waals surface area contributed by atoms with Crippen molar-refractivity contribution < 1.29 is 4.74 Å². The molecule has 0 aliphatic heterocycles. The highest BCUT2D eigenvalue weighted by molar-refractivity contribution is 6.30. The molecule has 0 heterocycles. The van der Waals surface area contributed by atoms with Crippen LogP contribution >= 0.6 is 11.6 Å². The zero-order valence-corrected chi connectivity index (χ0v) is 6.11. The van der Waals surface area contributed by atoms with E-state index in [1.807, 2.05) is 0 Å². The van der Waals surface area contributed by atoms with Crippen LogP contribution in [0.2, 0.25) is 0 Å². The highest BCUT2D eigenvalue weighted by atomic mass is 35.5. The third kappa shape index (κ3) is 3.86. The van der Waals surface area contributed by atoms with Gasteiger partial charge in [0, 0.05) is 5.03 Å². The van der Waals surface area contributed by atoms with Crippen molar-refractivity contribution in [1.29, 1.82) is 0 Å². The van der Waals surface area contributed by atoms with Gasteiger partial charge in [-0.05, 0) is 12.2 Å². The Bertz CT molecular complexity index is 147. The van der Waals surface area contributed by atoms with Gasteiger partial charge in [0.1, 0.15) is 5.76 Å². The number of ether oxygens (including phenoxy) is 1. The lowest BCUT2D eigenvalue weighted by molar-refractivity contribution is 0.307. The van der Waals surface area contributed by atoms with Gasteiger partial charge >= 0.3 is 0 Å². The van der Waals surface area contributed by atoms with Gasteiger partial charge in [-0.2, -0.15) is 0 Å². The van der Waals surface area contributed by atoms with Crippen molar-refractivity contribution in [2.45, 2.75) is 0 Å². The quantitative estimate of drug-likeness (QED) is 0.437. The van der Waals surface area contributed by atoms with Crippen LogP contribution in [-0.4, -0.2) is 7.11 Å². The number of rotatable bonds is 3. The fourth-order valence-corrected chi connectivity index (χ4v) is 0.463. The largest absolute Gasteiger partial charge is 0.497 e. The lowest BCUT2D eigenvalue weighted by Crippen LogP contribution is -1.79. The molecule has 0 aromatic rings. The van der Waals surface area contributed by atoms with Crippen molar-refractivity contribution in [3.63, 3.8) is 0 Å². The summed E-state index contributed by atoms with van der Waals surface area (Å²) in [5.74, 6) is 0.620. The van der Waals surface area contributed by atoms with Crippen molar-refractivity contribution >= 4 is 11.6 Å². The standard InChI is InChI=1S/C7H9ClO/c1-4-7(9-3)5-6(2)8/h4-5H,1-2H2,3H3. The number of allylic oxidation sites excluding steroid dienone is 3. The van der Waals surface area contributed by atoms with Gasteiger partial charge < -0.3 is 4.74 Å². The van der Waals surface area contributed by atoms with Gasteiger partial charge in [-0.15, -0.1) is 0 Å². The molecule has 0 fully saturated rings. The summed E-state index contributed by atoms with van der Waals surface area (Å²) in [5.41, 5.74) is 0. The summed E-state index contributed by atoms with van der Waals surface area (Å²) in [7, 11) is 1.55. The van der Waals surface area contributed by atoms with Crippen LogP contribution in [0.1, 0.15) is 0 Å². The summed E-state index contributed by atoms with van der Waals surface area (Å²) in [5, 5.41) is 0.437. The molecule has 0 unspecified atom stereocenters. The molecule has 0 bridgehead atoms. The minimum atomic E-state index is 0.437. The Morgan fingerprint density at radius 3 is 2.33 bits per heavy atom. The maximum atomic E-state index is 5.43. The predicted octanol–water partition coefficient (Wildman–Crippen LogP) is 2.46. The summed E-state index contributed by atoms with van der Waals surface area (Å²) in [6.45, 7) is 6.94. The highest BCUT2D eigenvalue weighted by Gasteiger charge is 1.86. The molecule has 0 aliphatic carbocycles. The molecule has 0 atom stereocenters. The van der Waals surface area contributed by atoms with Gasteiger partial charge in [0.25, 0.3) is 0 Å². The van der Waals surface area contributed by atoms with Crippen molar-refractivity contribution in [3.8, 4) is 0 Å². The van der Waals surface area contributed by atoms with Gasteiger partial charge in [0.15, 0.2) is 0 Å². The average molecular weight is 145 g/mol. The second-order valence-electron chi connectivity index (χ2n) is 1.40. The molecule has 0 aromatic carbocycles. The Morgan fingerprint density at radius 1 is 1.67 bits per heavy atom. The summed E-state index contributed by atoms with van der Waals surface area (Å²) in [4.78, 5) is 0. The van der Waals surface area contributed by atoms with Gasteiger partial charge in [0.2, 0.25) is 0 Å². The van der Waals surface area contributed by atoms with E-state index in [0.717, 1.165) is 0 Å². The van der Waals surface area contributed by atoms with Gasteiger partial charge in [0.05, 0.1) is 7.11 Å². The van der Waals surface area contributed by atoms with Crippen LogP contribution in [0.25, 0.3) is 0 Å². The number of hydrogen-bond donors (Lipinski definition) is 0. The van der Waals surface area contributed by atoms with E-state index in [-0.39, 0.29) is 0 Å². The molecule has 0 saturated carbocycles. The molecule has 0 amide bonds. The molecule has 0 saturated heterocycles. The molecular weight excluding hydrogens is 136 g/mol. The molecule has 9 heavy (non-hydrogen) atoms. The topological polar surface area (TPSA) is 9.23 Å². The number of halogens is 1. The first-order valence-corrected chi connectivity index (χ1v) is 2.81. The summed E-state index contributed by atoms with van der Waals surface area (Å²) in [6.07, 6.45) is 3.15. The molecule has 0 aromatic heterocycles. The lowest BCUT2D eigenvalue weighted by Gasteiger charge is -1.96. The van der Waals surface area contributed by atoms with Crippen LogP contribution in [0.4, 0.5) is 0 Å². The zero-order valence-electron chi connectivity index (χ0n) is 5.36. The van der Waals surface area contributed by atoms with Crippen LogP contribution in [0.3, 0.4) is 0 Å². The van der Waals surface area contributed by atoms with Crippen LogP contribution in [0.15, 0.2) is 36.1 Å². The first kappa shape index (κ1) is 8.31. The van der Waals surface area contributed by atoms with Crippen LogP contribution in [0, 0.1) is 0 Å². The second kappa shape index (κ2) is 4.21. The van der Waals surface area contributed by atoms with E-state index in [0.29, 0.717) is 10.8 Å². The van der Waals surface area contributed by atoms with Crippen molar-refractivity contribution in [1.82, 2.24) is 0 Å². The molecule has 2 heteroatoms. The average Bonchev–Trinajstić information content (AvgIpc) is 1.82. The minimum Gasteiger partial charge on any atom is -0.497 e. The SMILES string of the molecule is C=CC(=CC(=C)Cl)OC. The Morgan fingerprint density at radius 2 is 2.22 bits per heavy atom. The summed E-state index contributed by atoms with van der Waals surface area (Å²) in [6, 6.07) is 0. The van der Waals surface area contributed by atoms with Gasteiger partial charge in [-0.1, -0.05) is 24.8 Å². The Kier molecular flexibility index (Phi) is 3.89. The number of hydrogen-bond acceptors (Lipinski definition) is 1. The highest BCUT2D eigenvalue weighted by Crippen LogP contribution is 2.05. The molecule has 0 spiro atoms. The van der Waals surface area contributed by atoms with E-state index in [4.69, 9.17) is 16.3 Å². The Hall–Kier alpha value is -0.690. The van der Waals surface area contributed by atoms with Crippen LogP contribution in [-0.2, 0) is 4.74 Å². The third-order valence-corrected chi connectivity index (χ3v) is 0.845. The molecule has 1 nitrogen and oxygen atoms in total. The van der Waals surface area contributed by atoms with E-state index < -0.39 is 0 Å². The molecule has 0 rings (SSSR count). The normalized spacial score (nSPS) is 10.7. The van der Waals surface area contributed by atoms with Gasteiger partial charge in [-0.3, -0.25) is 0 Å². The van der Waals surface area contributed by atoms with E-state index in [9.17, 15) is 0 Å². The molecule has 0 aliphatic rings.